The van der Waals surface area contributed by atoms with Crippen LogP contribution in [0.3, 0.4) is 0 Å². The van der Waals surface area contributed by atoms with Gasteiger partial charge in [0.25, 0.3) is 0 Å². The maximum atomic E-state index is 11.8. The van der Waals surface area contributed by atoms with Gasteiger partial charge in [-0.2, -0.15) is 0 Å². The molecule has 2 saturated heterocycles. The molecule has 0 aromatic rings. The fraction of sp³-hybridized carbons (Fsp3) is 0.917. The van der Waals surface area contributed by atoms with Crippen LogP contribution < -0.4 is 5.32 Å². The second-order valence-electron chi connectivity index (χ2n) is 4.86. The quantitative estimate of drug-likeness (QED) is 0.730. The molecule has 4 heteroatoms. The summed E-state index contributed by atoms with van der Waals surface area (Å²) in [7, 11) is 0. The van der Waals surface area contributed by atoms with Crippen molar-refractivity contribution < 1.29 is 4.79 Å². The second-order valence-corrected chi connectivity index (χ2v) is 4.86. The predicted octanol–water partition coefficient (Wildman–Crippen LogP) is 0.293. The number of carbonyl (C=O) groups is 1. The van der Waals surface area contributed by atoms with Gasteiger partial charge in [0, 0.05) is 25.7 Å². The lowest BCUT2D eigenvalue weighted by molar-refractivity contribution is -0.135. The van der Waals surface area contributed by atoms with Crippen molar-refractivity contribution in [3.8, 4) is 0 Å². The zero-order chi connectivity index (χ0) is 11.4. The number of carbonyl (C=O) groups excluding carboxylic acids is 1. The van der Waals surface area contributed by atoms with Crippen LogP contribution in [0.15, 0.2) is 0 Å². The minimum absolute atomic E-state index is 0.311. The standard InChI is InChI=1S/C12H23N3O/c1-2-14(9-11-5-3-6-13-11)10-12(16)15-7-4-8-15/h11,13H,2-10H2,1H3. The Labute approximate surface area is 98.0 Å². The van der Waals surface area contributed by atoms with E-state index in [2.05, 4.69) is 17.1 Å². The van der Waals surface area contributed by atoms with Gasteiger partial charge in [-0.1, -0.05) is 6.92 Å². The zero-order valence-electron chi connectivity index (χ0n) is 10.2. The monoisotopic (exact) mass is 225 g/mol. The van der Waals surface area contributed by atoms with Gasteiger partial charge in [-0.05, 0) is 32.4 Å². The van der Waals surface area contributed by atoms with E-state index < -0.39 is 0 Å². The van der Waals surface area contributed by atoms with Crippen molar-refractivity contribution in [2.24, 2.45) is 0 Å². The van der Waals surface area contributed by atoms with Crippen LogP contribution in [0.2, 0.25) is 0 Å². The Morgan fingerprint density at radius 1 is 1.44 bits per heavy atom. The Kier molecular flexibility index (Phi) is 4.18. The Hall–Kier alpha value is -0.610. The minimum Gasteiger partial charge on any atom is -0.341 e. The summed E-state index contributed by atoms with van der Waals surface area (Å²) < 4.78 is 0. The van der Waals surface area contributed by atoms with Crippen molar-refractivity contribution in [2.45, 2.75) is 32.2 Å². The van der Waals surface area contributed by atoms with Gasteiger partial charge in [0.1, 0.15) is 0 Å². The number of nitrogens with one attached hydrogen (secondary N) is 1. The van der Waals surface area contributed by atoms with Crippen LogP contribution in [0.4, 0.5) is 0 Å². The maximum absolute atomic E-state index is 11.8. The Bertz CT molecular complexity index is 234. The summed E-state index contributed by atoms with van der Waals surface area (Å²) in [5.74, 6) is 0.311. The van der Waals surface area contributed by atoms with Gasteiger partial charge < -0.3 is 10.2 Å². The zero-order valence-corrected chi connectivity index (χ0v) is 10.2. The molecule has 2 rings (SSSR count). The van der Waals surface area contributed by atoms with Crippen molar-refractivity contribution in [1.29, 1.82) is 0 Å². The van der Waals surface area contributed by atoms with Crippen molar-refractivity contribution in [3.05, 3.63) is 0 Å². The highest BCUT2D eigenvalue weighted by Crippen LogP contribution is 2.09. The molecule has 1 unspecified atom stereocenters. The number of amides is 1. The van der Waals surface area contributed by atoms with Crippen molar-refractivity contribution >= 4 is 5.91 Å². The van der Waals surface area contributed by atoms with Gasteiger partial charge in [-0.15, -0.1) is 0 Å². The molecule has 0 aromatic carbocycles. The topological polar surface area (TPSA) is 35.6 Å². The number of likely N-dealkylation sites (tertiary alicyclic amines) is 1. The summed E-state index contributed by atoms with van der Waals surface area (Å²) in [5.41, 5.74) is 0. The van der Waals surface area contributed by atoms with Gasteiger partial charge in [-0.25, -0.2) is 0 Å². The van der Waals surface area contributed by atoms with E-state index in [-0.39, 0.29) is 0 Å². The largest absolute Gasteiger partial charge is 0.341 e. The van der Waals surface area contributed by atoms with Crippen LogP contribution in [0.5, 0.6) is 0 Å². The molecule has 1 atom stereocenters. The van der Waals surface area contributed by atoms with Gasteiger partial charge in [0.15, 0.2) is 0 Å². The highest BCUT2D eigenvalue weighted by molar-refractivity contribution is 5.78. The third kappa shape index (κ3) is 2.95. The number of hydrogen-bond donors (Lipinski definition) is 1. The van der Waals surface area contributed by atoms with E-state index in [4.69, 9.17) is 0 Å². The highest BCUT2D eigenvalue weighted by Gasteiger charge is 2.23. The highest BCUT2D eigenvalue weighted by atomic mass is 16.2. The normalized spacial score (nSPS) is 24.9. The summed E-state index contributed by atoms with van der Waals surface area (Å²) >= 11 is 0. The molecule has 92 valence electrons. The van der Waals surface area contributed by atoms with Crippen LogP contribution in [0.25, 0.3) is 0 Å². The molecule has 0 bridgehead atoms. The van der Waals surface area contributed by atoms with E-state index in [1.807, 2.05) is 4.90 Å². The number of nitrogens with zero attached hydrogens (tertiary/aromatic N) is 2. The lowest BCUT2D eigenvalue weighted by atomic mass is 10.2. The van der Waals surface area contributed by atoms with Crippen LogP contribution >= 0.6 is 0 Å². The van der Waals surface area contributed by atoms with E-state index in [0.29, 0.717) is 18.5 Å². The smallest absolute Gasteiger partial charge is 0.236 e. The molecule has 0 spiro atoms. The summed E-state index contributed by atoms with van der Waals surface area (Å²) in [6, 6.07) is 0.601. The summed E-state index contributed by atoms with van der Waals surface area (Å²) in [6.07, 6.45) is 3.72. The Balaban J connectivity index is 1.73. The first-order chi connectivity index (χ1) is 7.79. The molecule has 0 aliphatic carbocycles. The molecule has 0 radical (unpaired) electrons. The van der Waals surface area contributed by atoms with Crippen LogP contribution in [-0.4, -0.2) is 61.0 Å². The molecule has 4 nitrogen and oxygen atoms in total. The van der Waals surface area contributed by atoms with E-state index in [1.54, 1.807) is 0 Å². The molecule has 0 saturated carbocycles. The number of hydrogen-bond acceptors (Lipinski definition) is 3. The third-order valence-corrected chi connectivity index (χ3v) is 3.66. The number of likely N-dealkylation sites (N-methyl/N-ethyl adjacent to an activating group) is 1. The maximum Gasteiger partial charge on any atom is 0.236 e. The SMILES string of the molecule is CCN(CC(=O)N1CCC1)CC1CCCN1. The third-order valence-electron chi connectivity index (χ3n) is 3.66. The molecular weight excluding hydrogens is 202 g/mol. The first-order valence-electron chi connectivity index (χ1n) is 6.53. The second kappa shape index (κ2) is 5.64. The van der Waals surface area contributed by atoms with E-state index in [1.165, 1.54) is 19.3 Å². The first kappa shape index (κ1) is 11.9. The number of rotatable bonds is 5. The van der Waals surface area contributed by atoms with Gasteiger partial charge >= 0.3 is 0 Å². The molecule has 0 aromatic heterocycles. The molecule has 2 aliphatic rings. The lowest BCUT2D eigenvalue weighted by Crippen LogP contribution is -2.49. The van der Waals surface area contributed by atoms with Crippen LogP contribution in [0.1, 0.15) is 26.2 Å². The minimum atomic E-state index is 0.311. The molecular formula is C12H23N3O. The first-order valence-corrected chi connectivity index (χ1v) is 6.53. The van der Waals surface area contributed by atoms with E-state index in [0.717, 1.165) is 32.7 Å². The Morgan fingerprint density at radius 3 is 2.75 bits per heavy atom. The van der Waals surface area contributed by atoms with Crippen molar-refractivity contribution in [1.82, 2.24) is 15.1 Å². The predicted molar refractivity (Wildman–Crippen MR) is 64.3 cm³/mol. The van der Waals surface area contributed by atoms with Crippen LogP contribution in [0, 0.1) is 0 Å². The molecule has 2 fully saturated rings. The van der Waals surface area contributed by atoms with Gasteiger partial charge in [-0.3, -0.25) is 9.69 Å². The van der Waals surface area contributed by atoms with Gasteiger partial charge in [0.05, 0.1) is 6.54 Å². The van der Waals surface area contributed by atoms with Gasteiger partial charge in [0.2, 0.25) is 5.91 Å². The lowest BCUT2D eigenvalue weighted by Gasteiger charge is -2.33. The van der Waals surface area contributed by atoms with E-state index in [9.17, 15) is 4.79 Å². The summed E-state index contributed by atoms with van der Waals surface area (Å²) in [5, 5.41) is 3.49. The molecule has 2 heterocycles. The van der Waals surface area contributed by atoms with Crippen LogP contribution in [-0.2, 0) is 4.79 Å². The summed E-state index contributed by atoms with van der Waals surface area (Å²) in [6.45, 7) is 7.82. The molecule has 1 amide bonds. The van der Waals surface area contributed by atoms with E-state index >= 15 is 0 Å². The molecule has 1 N–H and O–H groups in total. The average molecular weight is 225 g/mol. The van der Waals surface area contributed by atoms with Crippen molar-refractivity contribution in [3.63, 3.8) is 0 Å². The van der Waals surface area contributed by atoms with Crippen molar-refractivity contribution in [2.75, 3.05) is 39.3 Å². The Morgan fingerprint density at radius 2 is 2.25 bits per heavy atom. The average Bonchev–Trinajstić information content (AvgIpc) is 2.66. The molecule has 2 aliphatic heterocycles. The summed E-state index contributed by atoms with van der Waals surface area (Å²) in [4.78, 5) is 16.1. The molecule has 16 heavy (non-hydrogen) atoms. The fourth-order valence-corrected chi connectivity index (χ4v) is 2.39. The fourth-order valence-electron chi connectivity index (χ4n) is 2.39.